The van der Waals surface area contributed by atoms with E-state index in [1.54, 1.807) is 12.4 Å². The largest absolute Gasteiger partial charge is 0.505 e. The Morgan fingerprint density at radius 1 is 0.929 bits per heavy atom. The first-order valence-electron chi connectivity index (χ1n) is 9.23. The van der Waals surface area contributed by atoms with Crippen molar-refractivity contribution in [2.24, 2.45) is 0 Å². The van der Waals surface area contributed by atoms with Gasteiger partial charge in [0.05, 0.1) is 18.3 Å². The molecule has 0 aliphatic carbocycles. The number of aromatic nitrogens is 2. The molecule has 0 spiro atoms. The summed E-state index contributed by atoms with van der Waals surface area (Å²) in [6, 6.07) is 20.8. The summed E-state index contributed by atoms with van der Waals surface area (Å²) >= 11 is 0. The summed E-state index contributed by atoms with van der Waals surface area (Å²) in [5.74, 6) is 0.979. The minimum Gasteiger partial charge on any atom is -0.505 e. The third kappa shape index (κ3) is 3.60. The van der Waals surface area contributed by atoms with E-state index >= 15 is 0 Å². The molecule has 2 N–H and O–H groups in total. The molecule has 0 saturated carbocycles. The molecule has 0 radical (unpaired) electrons. The highest BCUT2D eigenvalue weighted by atomic mass is 16.5. The molecule has 2 aromatic heterocycles. The number of hydrogen-bond acceptors (Lipinski definition) is 5. The first-order chi connectivity index (χ1) is 13.8. The molecule has 5 nitrogen and oxygen atoms in total. The van der Waals surface area contributed by atoms with Gasteiger partial charge < -0.3 is 15.2 Å². The van der Waals surface area contributed by atoms with Crippen LogP contribution in [0.1, 0.15) is 24.2 Å². The molecule has 1 atom stereocenters. The van der Waals surface area contributed by atoms with Crippen molar-refractivity contribution in [3.63, 3.8) is 0 Å². The summed E-state index contributed by atoms with van der Waals surface area (Å²) in [6.07, 6.45) is 3.43. The molecular formula is C23H21N3O2. The van der Waals surface area contributed by atoms with Crippen LogP contribution in [-0.2, 0) is 0 Å². The SMILES string of the molecule is CCOc1ccc(N[C@H](c2ccccn2)c2ccc3cccnc3c2O)cc1. The zero-order valence-electron chi connectivity index (χ0n) is 15.5. The average molecular weight is 371 g/mol. The van der Waals surface area contributed by atoms with E-state index in [2.05, 4.69) is 15.3 Å². The first kappa shape index (κ1) is 17.8. The van der Waals surface area contributed by atoms with Gasteiger partial charge in [-0.05, 0) is 49.4 Å². The number of benzene rings is 2. The number of fused-ring (bicyclic) bond motifs is 1. The Morgan fingerprint density at radius 3 is 2.50 bits per heavy atom. The molecule has 0 unspecified atom stereocenters. The minimum absolute atomic E-state index is 0.159. The van der Waals surface area contributed by atoms with Crippen molar-refractivity contribution in [3.8, 4) is 11.5 Å². The van der Waals surface area contributed by atoms with E-state index in [-0.39, 0.29) is 11.8 Å². The first-order valence-corrected chi connectivity index (χ1v) is 9.23. The van der Waals surface area contributed by atoms with E-state index in [0.29, 0.717) is 12.1 Å². The number of nitrogens with one attached hydrogen (secondary N) is 1. The highest BCUT2D eigenvalue weighted by Crippen LogP contribution is 2.35. The number of anilines is 1. The van der Waals surface area contributed by atoms with Crippen molar-refractivity contribution in [1.29, 1.82) is 0 Å². The van der Waals surface area contributed by atoms with Crippen LogP contribution in [0.2, 0.25) is 0 Å². The fourth-order valence-corrected chi connectivity index (χ4v) is 3.22. The number of ether oxygens (including phenoxy) is 1. The third-order valence-corrected chi connectivity index (χ3v) is 4.55. The van der Waals surface area contributed by atoms with E-state index < -0.39 is 0 Å². The Hall–Kier alpha value is -3.60. The summed E-state index contributed by atoms with van der Waals surface area (Å²) in [5.41, 5.74) is 3.01. The number of aromatic hydroxyl groups is 1. The summed E-state index contributed by atoms with van der Waals surface area (Å²) in [4.78, 5) is 8.84. The molecule has 140 valence electrons. The Labute approximate surface area is 163 Å². The van der Waals surface area contributed by atoms with E-state index in [4.69, 9.17) is 4.74 Å². The van der Waals surface area contributed by atoms with Crippen LogP contribution in [0.15, 0.2) is 79.1 Å². The van der Waals surface area contributed by atoms with Crippen molar-refractivity contribution in [3.05, 3.63) is 90.4 Å². The van der Waals surface area contributed by atoms with Gasteiger partial charge in [-0.3, -0.25) is 9.97 Å². The maximum Gasteiger partial charge on any atom is 0.147 e. The van der Waals surface area contributed by atoms with Crippen molar-refractivity contribution < 1.29 is 9.84 Å². The number of rotatable bonds is 6. The number of pyridine rings is 2. The van der Waals surface area contributed by atoms with Crippen LogP contribution in [0.5, 0.6) is 11.5 Å². The van der Waals surface area contributed by atoms with Gasteiger partial charge in [0.1, 0.15) is 17.0 Å². The lowest BCUT2D eigenvalue weighted by molar-refractivity contribution is 0.340. The average Bonchev–Trinajstić information content (AvgIpc) is 2.75. The fourth-order valence-electron chi connectivity index (χ4n) is 3.22. The Kier molecular flexibility index (Phi) is 5.06. The van der Waals surface area contributed by atoms with Crippen molar-refractivity contribution in [2.45, 2.75) is 13.0 Å². The highest BCUT2D eigenvalue weighted by Gasteiger charge is 2.21. The predicted molar refractivity (Wildman–Crippen MR) is 111 cm³/mol. The maximum absolute atomic E-state index is 10.9. The van der Waals surface area contributed by atoms with Crippen LogP contribution in [0.3, 0.4) is 0 Å². The lowest BCUT2D eigenvalue weighted by Crippen LogP contribution is -2.14. The van der Waals surface area contributed by atoms with Crippen LogP contribution < -0.4 is 10.1 Å². The lowest BCUT2D eigenvalue weighted by Gasteiger charge is -2.21. The second-order valence-electron chi connectivity index (χ2n) is 6.37. The molecule has 5 heteroatoms. The monoisotopic (exact) mass is 371 g/mol. The second-order valence-corrected chi connectivity index (χ2v) is 6.37. The topological polar surface area (TPSA) is 67.3 Å². The molecule has 0 aliphatic heterocycles. The molecule has 2 aromatic carbocycles. The standard InChI is InChI=1S/C23H21N3O2/c1-2-28-18-11-9-17(10-12-18)26-22(20-7-3-4-14-24-20)19-13-8-16-6-5-15-25-21(16)23(19)27/h3-15,22,26-27H,2H2,1H3/t22-/m0/s1. The highest BCUT2D eigenvalue weighted by molar-refractivity contribution is 5.85. The minimum atomic E-state index is -0.328. The molecule has 0 bridgehead atoms. The Morgan fingerprint density at radius 2 is 1.75 bits per heavy atom. The number of nitrogens with zero attached hydrogens (tertiary/aromatic N) is 2. The fraction of sp³-hybridized carbons (Fsp3) is 0.130. The van der Waals surface area contributed by atoms with Gasteiger partial charge >= 0.3 is 0 Å². The maximum atomic E-state index is 10.9. The zero-order valence-corrected chi connectivity index (χ0v) is 15.5. The zero-order chi connectivity index (χ0) is 19.3. The molecule has 28 heavy (non-hydrogen) atoms. The van der Waals surface area contributed by atoms with Gasteiger partial charge in [0.2, 0.25) is 0 Å². The Bertz CT molecular complexity index is 1070. The van der Waals surface area contributed by atoms with Crippen LogP contribution in [0.4, 0.5) is 5.69 Å². The molecule has 0 saturated heterocycles. The van der Waals surface area contributed by atoms with Gasteiger partial charge in [-0.2, -0.15) is 0 Å². The molecule has 0 aliphatic rings. The van der Waals surface area contributed by atoms with E-state index in [0.717, 1.165) is 28.1 Å². The van der Waals surface area contributed by atoms with E-state index in [1.165, 1.54) is 0 Å². The van der Waals surface area contributed by atoms with Gasteiger partial charge in [-0.1, -0.05) is 24.3 Å². The summed E-state index contributed by atoms with van der Waals surface area (Å²) in [6.45, 7) is 2.58. The van der Waals surface area contributed by atoms with Gasteiger partial charge in [-0.15, -0.1) is 0 Å². The Balaban J connectivity index is 1.75. The number of hydrogen-bond donors (Lipinski definition) is 2. The van der Waals surface area contributed by atoms with E-state index in [1.807, 2.05) is 73.7 Å². The number of phenols is 1. The molecule has 0 fully saturated rings. The van der Waals surface area contributed by atoms with Crippen LogP contribution in [0.25, 0.3) is 10.9 Å². The predicted octanol–water partition coefficient (Wildman–Crippen LogP) is 4.94. The summed E-state index contributed by atoms with van der Waals surface area (Å²) in [7, 11) is 0. The van der Waals surface area contributed by atoms with Crippen LogP contribution in [0, 0.1) is 0 Å². The van der Waals surface area contributed by atoms with E-state index in [9.17, 15) is 5.11 Å². The van der Waals surface area contributed by atoms with Crippen molar-refractivity contribution >= 4 is 16.6 Å². The van der Waals surface area contributed by atoms with Crippen molar-refractivity contribution in [2.75, 3.05) is 11.9 Å². The van der Waals surface area contributed by atoms with Crippen molar-refractivity contribution in [1.82, 2.24) is 9.97 Å². The van der Waals surface area contributed by atoms with Gasteiger partial charge in [0.15, 0.2) is 0 Å². The smallest absolute Gasteiger partial charge is 0.147 e. The lowest BCUT2D eigenvalue weighted by atomic mass is 9.99. The quantitative estimate of drug-likeness (QED) is 0.503. The summed E-state index contributed by atoms with van der Waals surface area (Å²) in [5, 5.41) is 15.3. The van der Waals surface area contributed by atoms with Crippen LogP contribution in [-0.4, -0.2) is 21.7 Å². The third-order valence-electron chi connectivity index (χ3n) is 4.55. The molecule has 0 amide bonds. The van der Waals surface area contributed by atoms with Gasteiger partial charge in [0, 0.05) is 29.0 Å². The van der Waals surface area contributed by atoms with Crippen LogP contribution >= 0.6 is 0 Å². The van der Waals surface area contributed by atoms with Gasteiger partial charge in [0.25, 0.3) is 0 Å². The number of phenolic OH excluding ortho intramolecular Hbond substituents is 1. The summed E-state index contributed by atoms with van der Waals surface area (Å²) < 4.78 is 5.51. The normalized spacial score (nSPS) is 11.9. The second kappa shape index (κ2) is 7.96. The molecular weight excluding hydrogens is 350 g/mol. The molecule has 4 aromatic rings. The molecule has 2 heterocycles. The molecule has 4 rings (SSSR count). The van der Waals surface area contributed by atoms with Gasteiger partial charge in [-0.25, -0.2) is 0 Å².